The van der Waals surface area contributed by atoms with Gasteiger partial charge in [-0.3, -0.25) is 4.79 Å². The SMILES string of the molecule is O=C(CCc1cccc(F)c1)NCc1nnc(-c2ccccc2)o1. The average Bonchev–Trinajstić information content (AvgIpc) is 3.08. The summed E-state index contributed by atoms with van der Waals surface area (Å²) >= 11 is 0. The Morgan fingerprint density at radius 1 is 1.08 bits per heavy atom. The molecule has 6 heteroatoms. The van der Waals surface area contributed by atoms with Crippen LogP contribution in [0.15, 0.2) is 59.0 Å². The molecule has 0 unspecified atom stereocenters. The number of rotatable bonds is 6. The third kappa shape index (κ3) is 4.25. The van der Waals surface area contributed by atoms with Crippen LogP contribution in [-0.4, -0.2) is 16.1 Å². The molecule has 1 amide bonds. The van der Waals surface area contributed by atoms with E-state index in [0.29, 0.717) is 18.2 Å². The molecule has 3 aromatic rings. The van der Waals surface area contributed by atoms with E-state index >= 15 is 0 Å². The maximum atomic E-state index is 13.1. The second-order valence-corrected chi connectivity index (χ2v) is 5.27. The first-order valence-corrected chi connectivity index (χ1v) is 7.59. The Morgan fingerprint density at radius 3 is 2.71 bits per heavy atom. The number of benzene rings is 2. The van der Waals surface area contributed by atoms with Crippen LogP contribution in [-0.2, 0) is 17.8 Å². The number of nitrogens with zero attached hydrogens (tertiary/aromatic N) is 2. The maximum Gasteiger partial charge on any atom is 0.247 e. The van der Waals surface area contributed by atoms with Gasteiger partial charge < -0.3 is 9.73 Å². The predicted molar refractivity (Wildman–Crippen MR) is 86.3 cm³/mol. The number of hydrogen-bond donors (Lipinski definition) is 1. The highest BCUT2D eigenvalue weighted by atomic mass is 19.1. The van der Waals surface area contributed by atoms with Crippen LogP contribution >= 0.6 is 0 Å². The van der Waals surface area contributed by atoms with E-state index in [-0.39, 0.29) is 24.7 Å². The Hall–Kier alpha value is -3.02. The van der Waals surface area contributed by atoms with E-state index in [1.807, 2.05) is 30.3 Å². The molecule has 0 saturated carbocycles. The minimum absolute atomic E-state index is 0.154. The van der Waals surface area contributed by atoms with Crippen molar-refractivity contribution < 1.29 is 13.6 Å². The lowest BCUT2D eigenvalue weighted by atomic mass is 10.1. The van der Waals surface area contributed by atoms with Crippen LogP contribution in [0.4, 0.5) is 4.39 Å². The fraction of sp³-hybridized carbons (Fsp3) is 0.167. The largest absolute Gasteiger partial charge is 0.419 e. The van der Waals surface area contributed by atoms with E-state index in [2.05, 4.69) is 15.5 Å². The van der Waals surface area contributed by atoms with Crippen molar-refractivity contribution in [3.63, 3.8) is 0 Å². The van der Waals surface area contributed by atoms with E-state index in [1.165, 1.54) is 12.1 Å². The molecule has 5 nitrogen and oxygen atoms in total. The van der Waals surface area contributed by atoms with Crippen LogP contribution < -0.4 is 5.32 Å². The van der Waals surface area contributed by atoms with Gasteiger partial charge in [0.15, 0.2) is 0 Å². The van der Waals surface area contributed by atoms with Crippen molar-refractivity contribution in [2.45, 2.75) is 19.4 Å². The standard InChI is InChI=1S/C18H16FN3O2/c19-15-8-4-5-13(11-15)9-10-16(23)20-12-17-21-22-18(24-17)14-6-2-1-3-7-14/h1-8,11H,9-10,12H2,(H,20,23). The first-order chi connectivity index (χ1) is 11.7. The van der Waals surface area contributed by atoms with Gasteiger partial charge in [-0.2, -0.15) is 0 Å². The molecule has 0 radical (unpaired) electrons. The van der Waals surface area contributed by atoms with E-state index in [4.69, 9.17) is 4.42 Å². The fourth-order valence-electron chi connectivity index (χ4n) is 2.24. The van der Waals surface area contributed by atoms with Gasteiger partial charge in [-0.05, 0) is 36.2 Å². The Balaban J connectivity index is 1.49. The lowest BCUT2D eigenvalue weighted by Gasteiger charge is -2.03. The monoisotopic (exact) mass is 325 g/mol. The minimum atomic E-state index is -0.299. The normalized spacial score (nSPS) is 10.5. The molecule has 122 valence electrons. The summed E-state index contributed by atoms with van der Waals surface area (Å²) in [6, 6.07) is 15.6. The number of aryl methyl sites for hydroxylation is 1. The average molecular weight is 325 g/mol. The lowest BCUT2D eigenvalue weighted by molar-refractivity contribution is -0.121. The van der Waals surface area contributed by atoms with Crippen molar-refractivity contribution in [2.24, 2.45) is 0 Å². The first kappa shape index (κ1) is 15.9. The van der Waals surface area contributed by atoms with E-state index in [0.717, 1.165) is 11.1 Å². The Kier molecular flexibility index (Phi) is 4.96. The lowest BCUT2D eigenvalue weighted by Crippen LogP contribution is -2.23. The Labute approximate surface area is 138 Å². The topological polar surface area (TPSA) is 68.0 Å². The molecule has 1 N–H and O–H groups in total. The molecule has 3 rings (SSSR count). The Morgan fingerprint density at radius 2 is 1.92 bits per heavy atom. The summed E-state index contributed by atoms with van der Waals surface area (Å²) in [6.07, 6.45) is 0.742. The van der Waals surface area contributed by atoms with Crippen molar-refractivity contribution in [3.05, 3.63) is 71.9 Å². The molecule has 0 aliphatic heterocycles. The van der Waals surface area contributed by atoms with Crippen molar-refractivity contribution in [3.8, 4) is 11.5 Å². The molecular weight excluding hydrogens is 309 g/mol. The van der Waals surface area contributed by atoms with Crippen LogP contribution in [0.1, 0.15) is 17.9 Å². The summed E-state index contributed by atoms with van der Waals surface area (Å²) < 4.78 is 18.6. The molecule has 24 heavy (non-hydrogen) atoms. The highest BCUT2D eigenvalue weighted by Gasteiger charge is 2.09. The van der Waals surface area contributed by atoms with Gasteiger partial charge in [0.2, 0.25) is 17.7 Å². The zero-order valence-electron chi connectivity index (χ0n) is 12.9. The zero-order chi connectivity index (χ0) is 16.8. The minimum Gasteiger partial charge on any atom is -0.419 e. The van der Waals surface area contributed by atoms with Crippen LogP contribution in [0.3, 0.4) is 0 Å². The van der Waals surface area contributed by atoms with E-state index in [1.54, 1.807) is 12.1 Å². The van der Waals surface area contributed by atoms with Gasteiger partial charge in [-0.25, -0.2) is 4.39 Å². The highest BCUT2D eigenvalue weighted by Crippen LogP contribution is 2.16. The second kappa shape index (κ2) is 7.50. The number of hydrogen-bond acceptors (Lipinski definition) is 4. The smallest absolute Gasteiger partial charge is 0.247 e. The van der Waals surface area contributed by atoms with Crippen molar-refractivity contribution >= 4 is 5.91 Å². The summed E-state index contributed by atoms with van der Waals surface area (Å²) in [7, 11) is 0. The predicted octanol–water partition coefficient (Wildman–Crippen LogP) is 3.12. The van der Waals surface area contributed by atoms with Gasteiger partial charge in [-0.15, -0.1) is 10.2 Å². The molecular formula is C18H16FN3O2. The number of nitrogens with one attached hydrogen (secondary N) is 1. The number of halogens is 1. The van der Waals surface area contributed by atoms with Crippen LogP contribution in [0, 0.1) is 5.82 Å². The van der Waals surface area contributed by atoms with Crippen molar-refractivity contribution in [1.29, 1.82) is 0 Å². The molecule has 2 aromatic carbocycles. The summed E-state index contributed by atoms with van der Waals surface area (Å²) in [4.78, 5) is 11.9. The first-order valence-electron chi connectivity index (χ1n) is 7.59. The van der Waals surface area contributed by atoms with Gasteiger partial charge in [0.25, 0.3) is 0 Å². The zero-order valence-corrected chi connectivity index (χ0v) is 12.9. The van der Waals surface area contributed by atoms with Crippen LogP contribution in [0.5, 0.6) is 0 Å². The van der Waals surface area contributed by atoms with E-state index in [9.17, 15) is 9.18 Å². The molecule has 1 heterocycles. The van der Waals surface area contributed by atoms with E-state index < -0.39 is 0 Å². The third-order valence-corrected chi connectivity index (χ3v) is 3.45. The van der Waals surface area contributed by atoms with Crippen molar-refractivity contribution in [1.82, 2.24) is 15.5 Å². The van der Waals surface area contributed by atoms with Crippen molar-refractivity contribution in [2.75, 3.05) is 0 Å². The fourth-order valence-corrected chi connectivity index (χ4v) is 2.24. The summed E-state index contributed by atoms with van der Waals surface area (Å²) in [5, 5.41) is 10.6. The second-order valence-electron chi connectivity index (χ2n) is 5.27. The number of aromatic nitrogens is 2. The molecule has 0 aliphatic rings. The quantitative estimate of drug-likeness (QED) is 0.756. The summed E-state index contributed by atoms with van der Waals surface area (Å²) in [5.74, 6) is 0.304. The van der Waals surface area contributed by atoms with Crippen LogP contribution in [0.25, 0.3) is 11.5 Å². The molecule has 0 atom stereocenters. The highest BCUT2D eigenvalue weighted by molar-refractivity contribution is 5.76. The van der Waals surface area contributed by atoms with Gasteiger partial charge in [0.1, 0.15) is 5.82 Å². The molecule has 0 bridgehead atoms. The number of carbonyl (C=O) groups is 1. The maximum absolute atomic E-state index is 13.1. The molecule has 0 saturated heterocycles. The van der Waals surface area contributed by atoms with Gasteiger partial charge in [-0.1, -0.05) is 30.3 Å². The van der Waals surface area contributed by atoms with Gasteiger partial charge >= 0.3 is 0 Å². The third-order valence-electron chi connectivity index (χ3n) is 3.45. The molecule has 0 spiro atoms. The number of carbonyl (C=O) groups excluding carboxylic acids is 1. The number of amides is 1. The van der Waals surface area contributed by atoms with Crippen LogP contribution in [0.2, 0.25) is 0 Å². The summed E-state index contributed by atoms with van der Waals surface area (Å²) in [5.41, 5.74) is 1.61. The van der Waals surface area contributed by atoms with Gasteiger partial charge in [0.05, 0.1) is 6.54 Å². The summed E-state index contributed by atoms with van der Waals surface area (Å²) in [6.45, 7) is 0.168. The molecule has 0 aliphatic carbocycles. The molecule has 0 fully saturated rings. The van der Waals surface area contributed by atoms with Gasteiger partial charge in [0, 0.05) is 12.0 Å². The molecule has 1 aromatic heterocycles. The Bertz CT molecular complexity index is 818.